The molecule has 1 saturated carbocycles. The third-order valence-electron chi connectivity index (χ3n) is 3.12. The first-order valence-electron chi connectivity index (χ1n) is 10.4. The zero-order valence-corrected chi connectivity index (χ0v) is 20.6. The molecule has 0 saturated heterocycles. The summed E-state index contributed by atoms with van der Waals surface area (Å²) in [6.45, 7) is 6.09. The molecule has 0 heterocycles. The molecule has 0 spiro atoms. The van der Waals surface area contributed by atoms with Gasteiger partial charge < -0.3 is 47.2 Å². The van der Waals surface area contributed by atoms with Crippen LogP contribution in [0, 0.1) is 0 Å². The van der Waals surface area contributed by atoms with Crippen LogP contribution in [0.25, 0.3) is 0 Å². The maximum Gasteiger partial charge on any atom is 0.300 e. The van der Waals surface area contributed by atoms with Crippen molar-refractivity contribution in [2.75, 3.05) is 39.5 Å². The lowest BCUT2D eigenvalue weighted by molar-refractivity contribution is -0.135. The van der Waals surface area contributed by atoms with E-state index in [0.717, 1.165) is 40.5 Å². The van der Waals surface area contributed by atoms with Crippen molar-refractivity contribution in [3.63, 3.8) is 0 Å². The molecule has 34 heavy (non-hydrogen) atoms. The molecule has 1 fully saturated rings. The molecule has 2 atom stereocenters. The van der Waals surface area contributed by atoms with Gasteiger partial charge in [0.15, 0.2) is 0 Å². The van der Waals surface area contributed by atoms with Gasteiger partial charge in [0.2, 0.25) is 0 Å². The molecule has 1 rings (SSSR count). The minimum Gasteiger partial charge on any atom is -0.481 e. The van der Waals surface area contributed by atoms with E-state index in [9.17, 15) is 0 Å². The largest absolute Gasteiger partial charge is 0.481 e. The minimum atomic E-state index is -0.833. The molecular weight excluding hydrogens is 458 g/mol. The van der Waals surface area contributed by atoms with E-state index >= 15 is 0 Å². The monoisotopic (exact) mass is 503 g/mol. The van der Waals surface area contributed by atoms with Crippen molar-refractivity contribution < 1.29 is 54.9 Å². The number of carboxylic acid groups (broad SMARTS) is 4. The van der Waals surface area contributed by atoms with Gasteiger partial charge in [-0.2, -0.15) is 0 Å². The standard InChI is InChI=1S/C6H14N2.C6H15NO3.4C2H4O2/c7-5-3-1-2-4-6(5)8;8-4-1-7(2-5-9)3-6-10;4*1-2(3)4/h5-6H,1-4,7-8H2;8-10H,1-6H2;4*1H3,(H,3,4). The Kier molecular flexibility index (Phi) is 40.4. The van der Waals surface area contributed by atoms with Gasteiger partial charge in [0.05, 0.1) is 19.8 Å². The molecule has 14 nitrogen and oxygen atoms in total. The fourth-order valence-electron chi connectivity index (χ4n) is 1.95. The van der Waals surface area contributed by atoms with Crippen molar-refractivity contribution in [3.05, 3.63) is 0 Å². The molecule has 1 aliphatic carbocycles. The molecule has 2 unspecified atom stereocenters. The average Bonchev–Trinajstić information content (AvgIpc) is 2.64. The first kappa shape index (κ1) is 41.9. The van der Waals surface area contributed by atoms with E-state index in [0.29, 0.717) is 19.6 Å². The summed E-state index contributed by atoms with van der Waals surface area (Å²) >= 11 is 0. The Labute approximate surface area is 200 Å². The molecule has 0 bridgehead atoms. The van der Waals surface area contributed by atoms with E-state index in [-0.39, 0.29) is 31.9 Å². The number of carbonyl (C=O) groups is 4. The summed E-state index contributed by atoms with van der Waals surface area (Å²) in [5.74, 6) is -3.33. The lowest BCUT2D eigenvalue weighted by Crippen LogP contribution is -2.43. The predicted molar refractivity (Wildman–Crippen MR) is 125 cm³/mol. The number of aliphatic carboxylic acids is 4. The highest BCUT2D eigenvalue weighted by molar-refractivity contribution is 5.63. The first-order chi connectivity index (χ1) is 15.6. The van der Waals surface area contributed by atoms with Crippen LogP contribution in [0.4, 0.5) is 0 Å². The minimum absolute atomic E-state index is 0.0694. The number of aliphatic hydroxyl groups excluding tert-OH is 3. The fourth-order valence-corrected chi connectivity index (χ4v) is 1.95. The Morgan fingerprint density at radius 2 is 0.794 bits per heavy atom. The zero-order valence-electron chi connectivity index (χ0n) is 20.6. The van der Waals surface area contributed by atoms with Crippen LogP contribution in [0.1, 0.15) is 53.4 Å². The lowest BCUT2D eigenvalue weighted by Gasteiger charge is -2.24. The van der Waals surface area contributed by atoms with Crippen molar-refractivity contribution >= 4 is 23.9 Å². The van der Waals surface area contributed by atoms with E-state index in [1.807, 2.05) is 0 Å². The van der Waals surface area contributed by atoms with Gasteiger partial charge in [-0.1, -0.05) is 12.8 Å². The number of nitrogens with two attached hydrogens (primary N) is 2. The highest BCUT2D eigenvalue weighted by Gasteiger charge is 2.16. The molecule has 0 radical (unpaired) electrons. The Hall–Kier alpha value is -2.36. The van der Waals surface area contributed by atoms with Gasteiger partial charge in [-0.3, -0.25) is 24.1 Å². The number of rotatable bonds is 6. The van der Waals surface area contributed by atoms with E-state index in [1.54, 1.807) is 4.90 Å². The molecule has 0 aromatic carbocycles. The summed E-state index contributed by atoms with van der Waals surface area (Å²) in [7, 11) is 0. The molecule has 0 aromatic heterocycles. The van der Waals surface area contributed by atoms with Crippen molar-refractivity contribution in [1.82, 2.24) is 4.90 Å². The summed E-state index contributed by atoms with van der Waals surface area (Å²) in [6.07, 6.45) is 4.80. The maximum absolute atomic E-state index is 9.00. The number of carboxylic acids is 4. The fraction of sp³-hybridized carbons (Fsp3) is 0.800. The molecule has 14 heteroatoms. The van der Waals surface area contributed by atoms with Crippen LogP contribution in [-0.2, 0) is 19.2 Å². The van der Waals surface area contributed by atoms with E-state index in [2.05, 4.69) is 0 Å². The third kappa shape index (κ3) is 78.1. The molecule has 0 aromatic rings. The number of nitrogens with zero attached hydrogens (tertiary/aromatic N) is 1. The second kappa shape index (κ2) is 32.8. The Morgan fingerprint density at radius 3 is 0.912 bits per heavy atom. The van der Waals surface area contributed by atoms with Crippen LogP contribution >= 0.6 is 0 Å². The molecule has 11 N–H and O–H groups in total. The van der Waals surface area contributed by atoms with Gasteiger partial charge in [-0.15, -0.1) is 0 Å². The highest BCUT2D eigenvalue weighted by atomic mass is 16.4. The van der Waals surface area contributed by atoms with Crippen molar-refractivity contribution in [2.45, 2.75) is 65.5 Å². The number of hydrogen-bond donors (Lipinski definition) is 9. The van der Waals surface area contributed by atoms with Gasteiger partial charge in [0.25, 0.3) is 23.9 Å². The van der Waals surface area contributed by atoms with Crippen molar-refractivity contribution in [2.24, 2.45) is 11.5 Å². The molecular formula is C20H45N3O11. The molecule has 0 amide bonds. The van der Waals surface area contributed by atoms with Crippen LogP contribution in [-0.4, -0.2) is 116 Å². The lowest BCUT2D eigenvalue weighted by atomic mass is 9.92. The van der Waals surface area contributed by atoms with Gasteiger partial charge in [0.1, 0.15) is 0 Å². The normalized spacial score (nSPS) is 15.5. The van der Waals surface area contributed by atoms with Crippen LogP contribution in [0.5, 0.6) is 0 Å². The maximum atomic E-state index is 9.00. The third-order valence-corrected chi connectivity index (χ3v) is 3.12. The molecule has 0 aliphatic heterocycles. The number of hydrogen-bond acceptors (Lipinski definition) is 10. The quantitative estimate of drug-likeness (QED) is 0.207. The van der Waals surface area contributed by atoms with Gasteiger partial charge in [-0.25, -0.2) is 0 Å². The summed E-state index contributed by atoms with van der Waals surface area (Å²) in [5.41, 5.74) is 11.3. The predicted octanol–water partition coefficient (Wildman–Crippen LogP) is -1.16. The molecule has 206 valence electrons. The highest BCUT2D eigenvalue weighted by Crippen LogP contribution is 2.14. The summed E-state index contributed by atoms with van der Waals surface area (Å²) < 4.78 is 0. The van der Waals surface area contributed by atoms with Crippen LogP contribution in [0.15, 0.2) is 0 Å². The molecule has 1 aliphatic rings. The number of aliphatic hydroxyl groups is 3. The average molecular weight is 504 g/mol. The van der Waals surface area contributed by atoms with E-state index in [4.69, 9.17) is 66.4 Å². The van der Waals surface area contributed by atoms with E-state index < -0.39 is 23.9 Å². The Balaban J connectivity index is -0.000000105. The van der Waals surface area contributed by atoms with Gasteiger partial charge in [0, 0.05) is 59.4 Å². The van der Waals surface area contributed by atoms with Gasteiger partial charge in [-0.05, 0) is 12.8 Å². The summed E-state index contributed by atoms with van der Waals surface area (Å²) in [5, 5.41) is 55.1. The van der Waals surface area contributed by atoms with Crippen LogP contribution < -0.4 is 11.5 Å². The van der Waals surface area contributed by atoms with Crippen LogP contribution in [0.3, 0.4) is 0 Å². The van der Waals surface area contributed by atoms with Gasteiger partial charge >= 0.3 is 0 Å². The Bertz CT molecular complexity index is 406. The second-order valence-corrected chi connectivity index (χ2v) is 6.70. The Morgan fingerprint density at radius 1 is 0.618 bits per heavy atom. The first-order valence-corrected chi connectivity index (χ1v) is 10.4. The summed E-state index contributed by atoms with van der Waals surface area (Å²) in [6, 6.07) is 0.562. The zero-order chi connectivity index (χ0) is 28.1. The van der Waals surface area contributed by atoms with Crippen molar-refractivity contribution in [1.29, 1.82) is 0 Å². The summed E-state index contributed by atoms with van der Waals surface area (Å²) in [4.78, 5) is 37.8. The van der Waals surface area contributed by atoms with Crippen molar-refractivity contribution in [3.8, 4) is 0 Å². The smallest absolute Gasteiger partial charge is 0.300 e. The topological polar surface area (TPSA) is 265 Å². The SMILES string of the molecule is CC(=O)O.CC(=O)O.CC(=O)O.CC(=O)O.NC1CCCCC1N.OCCN(CCO)CCO. The second-order valence-electron chi connectivity index (χ2n) is 6.70. The van der Waals surface area contributed by atoms with E-state index in [1.165, 1.54) is 12.8 Å². The van der Waals surface area contributed by atoms with Crippen LogP contribution in [0.2, 0.25) is 0 Å².